The number of allylic oxidation sites excluding steroid dienone is 8. The van der Waals surface area contributed by atoms with Crippen molar-refractivity contribution >= 4 is 0 Å². The van der Waals surface area contributed by atoms with Crippen molar-refractivity contribution in [1.82, 2.24) is 15.3 Å². The van der Waals surface area contributed by atoms with E-state index in [9.17, 15) is 0 Å². The van der Waals surface area contributed by atoms with E-state index in [-0.39, 0.29) is 6.04 Å². The van der Waals surface area contributed by atoms with Crippen molar-refractivity contribution in [2.24, 2.45) is 0 Å². The Labute approximate surface area is 304 Å². The molecule has 2 N–H and O–H groups in total. The molecule has 0 aliphatic carbocycles. The number of unbranched alkanes of at least 4 members (excludes halogenated alkanes) is 18. The van der Waals surface area contributed by atoms with Crippen LogP contribution in [0.1, 0.15) is 174 Å². The molecule has 282 valence electrons. The van der Waals surface area contributed by atoms with Crippen molar-refractivity contribution in [3.63, 3.8) is 0 Å². The maximum atomic E-state index is 6.10. The van der Waals surface area contributed by atoms with Crippen LogP contribution >= 0.6 is 0 Å². The fourth-order valence-electron chi connectivity index (χ4n) is 5.83. The largest absolute Gasteiger partial charge is 0.380 e. The molecule has 1 atom stereocenters. The monoisotopic (exact) mass is 682 g/mol. The summed E-state index contributed by atoms with van der Waals surface area (Å²) in [5, 5.41) is 3.66. The molecular weight excluding hydrogens is 603 g/mol. The van der Waals surface area contributed by atoms with Gasteiger partial charge in [-0.2, -0.15) is 0 Å². The topological polar surface area (TPSA) is 59.2 Å². The predicted molar refractivity (Wildman–Crippen MR) is 214 cm³/mol. The molecule has 0 amide bonds. The number of aromatic nitrogens is 2. The summed E-state index contributed by atoms with van der Waals surface area (Å²) < 4.78 is 12.2. The van der Waals surface area contributed by atoms with Crippen molar-refractivity contribution in [3.8, 4) is 0 Å². The summed E-state index contributed by atoms with van der Waals surface area (Å²) in [7, 11) is 0. The van der Waals surface area contributed by atoms with E-state index in [4.69, 9.17) is 9.47 Å². The van der Waals surface area contributed by atoms with Crippen molar-refractivity contribution in [2.75, 3.05) is 33.0 Å². The second-order valence-corrected chi connectivity index (χ2v) is 13.8. The number of H-pyrrole nitrogens is 1. The fraction of sp³-hybridized carbons (Fsp3) is 0.750. The zero-order valence-electron chi connectivity index (χ0n) is 32.3. The first-order valence-electron chi connectivity index (χ1n) is 20.8. The number of rotatable bonds is 38. The van der Waals surface area contributed by atoms with Crippen LogP contribution in [0.25, 0.3) is 0 Å². The normalized spacial score (nSPS) is 12.9. The second-order valence-electron chi connectivity index (χ2n) is 13.8. The number of nitrogens with one attached hydrogen (secondary N) is 2. The van der Waals surface area contributed by atoms with Crippen LogP contribution in [-0.2, 0) is 15.9 Å². The first-order chi connectivity index (χ1) is 24.4. The molecule has 0 aliphatic heterocycles. The minimum atomic E-state index is 0.233. The number of ether oxygens (including phenoxy) is 2. The first-order valence-corrected chi connectivity index (χ1v) is 20.8. The van der Waals surface area contributed by atoms with E-state index in [1.807, 2.05) is 6.20 Å². The zero-order valence-corrected chi connectivity index (χ0v) is 32.3. The Morgan fingerprint density at radius 2 is 1.00 bits per heavy atom. The van der Waals surface area contributed by atoms with Crippen LogP contribution < -0.4 is 5.32 Å². The zero-order chi connectivity index (χ0) is 35.0. The maximum Gasteiger partial charge on any atom is 0.0921 e. The quantitative estimate of drug-likeness (QED) is 0.0539. The molecule has 0 fully saturated rings. The lowest BCUT2D eigenvalue weighted by molar-refractivity contribution is 0.0530. The summed E-state index contributed by atoms with van der Waals surface area (Å²) in [6.07, 6.45) is 53.9. The van der Waals surface area contributed by atoms with Crippen molar-refractivity contribution in [2.45, 2.75) is 180 Å². The number of nitrogens with zero attached hydrogens (tertiary/aromatic N) is 1. The smallest absolute Gasteiger partial charge is 0.0921 e. The van der Waals surface area contributed by atoms with Gasteiger partial charge in [-0.05, 0) is 77.0 Å². The molecule has 0 spiro atoms. The Morgan fingerprint density at radius 3 is 1.43 bits per heavy atom. The minimum absolute atomic E-state index is 0.233. The minimum Gasteiger partial charge on any atom is -0.380 e. The van der Waals surface area contributed by atoms with Gasteiger partial charge in [0, 0.05) is 38.1 Å². The van der Waals surface area contributed by atoms with Gasteiger partial charge in [-0.1, -0.05) is 140 Å². The summed E-state index contributed by atoms with van der Waals surface area (Å²) >= 11 is 0. The molecule has 49 heavy (non-hydrogen) atoms. The molecule has 1 heterocycles. The average molecular weight is 682 g/mol. The number of hydrogen-bond acceptors (Lipinski definition) is 4. The van der Waals surface area contributed by atoms with Gasteiger partial charge >= 0.3 is 0 Å². The van der Waals surface area contributed by atoms with Crippen LogP contribution in [0.2, 0.25) is 0 Å². The summed E-state index contributed by atoms with van der Waals surface area (Å²) in [6.45, 7) is 8.55. The van der Waals surface area contributed by atoms with Crippen LogP contribution in [0.3, 0.4) is 0 Å². The molecule has 1 rings (SSSR count). The third-order valence-corrected chi connectivity index (χ3v) is 9.00. The van der Waals surface area contributed by atoms with Crippen molar-refractivity contribution in [1.29, 1.82) is 0 Å². The highest BCUT2D eigenvalue weighted by molar-refractivity contribution is 4.95. The molecule has 0 aromatic carbocycles. The van der Waals surface area contributed by atoms with Gasteiger partial charge in [0.2, 0.25) is 0 Å². The Bertz CT molecular complexity index is 825. The van der Waals surface area contributed by atoms with E-state index in [0.29, 0.717) is 13.2 Å². The fourth-order valence-corrected chi connectivity index (χ4v) is 5.83. The summed E-state index contributed by atoms with van der Waals surface area (Å²) in [4.78, 5) is 7.33. The van der Waals surface area contributed by atoms with Gasteiger partial charge in [-0.15, -0.1) is 0 Å². The van der Waals surface area contributed by atoms with Crippen LogP contribution in [0, 0.1) is 0 Å². The van der Waals surface area contributed by atoms with Gasteiger partial charge in [-0.25, -0.2) is 4.98 Å². The highest BCUT2D eigenvalue weighted by atomic mass is 16.5. The van der Waals surface area contributed by atoms with E-state index in [0.717, 1.165) is 57.6 Å². The molecule has 5 nitrogen and oxygen atoms in total. The maximum absolute atomic E-state index is 6.10. The van der Waals surface area contributed by atoms with Crippen LogP contribution in [0.4, 0.5) is 0 Å². The van der Waals surface area contributed by atoms with Crippen molar-refractivity contribution in [3.05, 3.63) is 66.8 Å². The average Bonchev–Trinajstić information content (AvgIpc) is 3.64. The highest BCUT2D eigenvalue weighted by Crippen LogP contribution is 2.10. The van der Waals surface area contributed by atoms with Gasteiger partial charge in [0.15, 0.2) is 0 Å². The molecule has 0 aliphatic rings. The lowest BCUT2D eigenvalue weighted by atomic mass is 10.1. The van der Waals surface area contributed by atoms with E-state index < -0.39 is 0 Å². The van der Waals surface area contributed by atoms with Crippen LogP contribution in [-0.4, -0.2) is 49.0 Å². The summed E-state index contributed by atoms with van der Waals surface area (Å²) in [5.41, 5.74) is 1.16. The molecule has 0 saturated carbocycles. The van der Waals surface area contributed by atoms with E-state index in [1.54, 1.807) is 6.33 Å². The number of imidazole rings is 1. The molecule has 1 unspecified atom stereocenters. The highest BCUT2D eigenvalue weighted by Gasteiger charge is 2.09. The lowest BCUT2D eigenvalue weighted by Gasteiger charge is -2.19. The van der Waals surface area contributed by atoms with Crippen molar-refractivity contribution < 1.29 is 9.47 Å². The van der Waals surface area contributed by atoms with Crippen LogP contribution in [0.5, 0.6) is 0 Å². The van der Waals surface area contributed by atoms with Crippen LogP contribution in [0.15, 0.2) is 61.1 Å². The number of aromatic amines is 1. The molecule has 0 bridgehead atoms. The second kappa shape index (κ2) is 38.8. The third kappa shape index (κ3) is 34.3. The van der Waals surface area contributed by atoms with E-state index in [2.05, 4.69) is 77.7 Å². The Balaban J connectivity index is 2.02. The Morgan fingerprint density at radius 1 is 0.571 bits per heavy atom. The van der Waals surface area contributed by atoms with Gasteiger partial charge in [0.05, 0.1) is 25.6 Å². The molecule has 1 aromatic rings. The van der Waals surface area contributed by atoms with E-state index >= 15 is 0 Å². The Kier molecular flexibility index (Phi) is 35.7. The SMILES string of the molecule is CCCCC/C=C\C/C=C\CCCCCCCCOCC(COCCCCCCCC/C=C/C/C=C/CCCCC)NCCc1cnc[nH]1. The van der Waals surface area contributed by atoms with Gasteiger partial charge < -0.3 is 19.8 Å². The standard InChI is InChI=1S/C44H79N3O2/c1-3-5-7-9-11-13-15-17-19-21-23-25-27-29-31-33-37-48-40-44(46-36-35-43-39-45-42-47-43)41-49-38-34-32-30-28-26-24-22-20-18-16-14-12-10-8-6-4-2/h11-14,17-20,39,42,44,46H,3-10,15-16,21-38,40-41H2,1-2H3,(H,45,47)/b13-11-,14-12+,19-17-,20-18+. The number of hydrogen-bond donors (Lipinski definition) is 2. The Hall–Kier alpha value is -1.95. The first kappa shape index (κ1) is 45.1. The summed E-state index contributed by atoms with van der Waals surface area (Å²) in [5.74, 6) is 0. The molecular formula is C44H79N3O2. The van der Waals surface area contributed by atoms with Gasteiger partial charge in [0.25, 0.3) is 0 Å². The van der Waals surface area contributed by atoms with Gasteiger partial charge in [-0.3, -0.25) is 0 Å². The molecule has 0 radical (unpaired) electrons. The van der Waals surface area contributed by atoms with Gasteiger partial charge in [0.1, 0.15) is 0 Å². The molecule has 0 saturated heterocycles. The predicted octanol–water partition coefficient (Wildman–Crippen LogP) is 12.6. The lowest BCUT2D eigenvalue weighted by Crippen LogP contribution is -2.39. The summed E-state index contributed by atoms with van der Waals surface area (Å²) in [6, 6.07) is 0.233. The molecule has 1 aromatic heterocycles. The third-order valence-electron chi connectivity index (χ3n) is 9.00. The molecule has 5 heteroatoms. The van der Waals surface area contributed by atoms with E-state index in [1.165, 1.54) is 128 Å².